The van der Waals surface area contributed by atoms with Crippen LogP contribution in [0.2, 0.25) is 10.0 Å². The Hall–Kier alpha value is -1.39. The smallest absolute Gasteiger partial charge is 0.153 e. The van der Waals surface area contributed by atoms with Gasteiger partial charge in [0.25, 0.3) is 0 Å². The van der Waals surface area contributed by atoms with Gasteiger partial charge in [0.1, 0.15) is 17.5 Å². The number of halogens is 3. The fourth-order valence-corrected chi connectivity index (χ4v) is 1.84. The molecule has 6 heteroatoms. The zero-order chi connectivity index (χ0) is 13.1. The fraction of sp³-hybridized carbons (Fsp3) is 0.167. The number of aromatic nitrogens is 2. The Kier molecular flexibility index (Phi) is 3.99. The number of anilines is 2. The van der Waals surface area contributed by atoms with Crippen LogP contribution in [0.3, 0.4) is 0 Å². The summed E-state index contributed by atoms with van der Waals surface area (Å²) in [5, 5.41) is 3.80. The standard InChI is InChI=1S/C12H10Cl2FN3/c1-7(15)11-10(14)12(17-6-16-11)18-9-4-2-8(13)3-5-9/h2-7H,1H3,(H,16,17,18). The van der Waals surface area contributed by atoms with Gasteiger partial charge in [-0.2, -0.15) is 0 Å². The molecule has 1 heterocycles. The maximum atomic E-state index is 13.2. The maximum absolute atomic E-state index is 13.2. The van der Waals surface area contributed by atoms with Crippen molar-refractivity contribution in [2.24, 2.45) is 0 Å². The number of hydrogen-bond donors (Lipinski definition) is 1. The van der Waals surface area contributed by atoms with Gasteiger partial charge in [0.05, 0.1) is 5.69 Å². The molecule has 0 saturated carbocycles. The van der Waals surface area contributed by atoms with Crippen molar-refractivity contribution in [3.8, 4) is 0 Å². The van der Waals surface area contributed by atoms with E-state index in [1.54, 1.807) is 24.3 Å². The van der Waals surface area contributed by atoms with Gasteiger partial charge in [0, 0.05) is 10.7 Å². The Morgan fingerprint density at radius 3 is 2.44 bits per heavy atom. The SMILES string of the molecule is CC(F)c1ncnc(Nc2ccc(Cl)cc2)c1Cl. The van der Waals surface area contributed by atoms with E-state index in [4.69, 9.17) is 23.2 Å². The highest BCUT2D eigenvalue weighted by Gasteiger charge is 2.14. The van der Waals surface area contributed by atoms with E-state index >= 15 is 0 Å². The van der Waals surface area contributed by atoms with Crippen LogP contribution < -0.4 is 5.32 Å². The molecule has 1 atom stereocenters. The molecule has 0 amide bonds. The van der Waals surface area contributed by atoms with Crippen LogP contribution in [0.4, 0.5) is 15.9 Å². The van der Waals surface area contributed by atoms with Crippen LogP contribution in [0.5, 0.6) is 0 Å². The summed E-state index contributed by atoms with van der Waals surface area (Å²) < 4.78 is 13.2. The highest BCUT2D eigenvalue weighted by Crippen LogP contribution is 2.30. The summed E-state index contributed by atoms with van der Waals surface area (Å²) in [7, 11) is 0. The molecule has 0 fully saturated rings. The van der Waals surface area contributed by atoms with Crippen LogP contribution in [0.15, 0.2) is 30.6 Å². The maximum Gasteiger partial charge on any atom is 0.153 e. The number of nitrogens with zero attached hydrogens (tertiary/aromatic N) is 2. The zero-order valence-corrected chi connectivity index (χ0v) is 11.0. The van der Waals surface area contributed by atoms with Gasteiger partial charge in [0.15, 0.2) is 5.82 Å². The third-order valence-electron chi connectivity index (χ3n) is 2.30. The number of hydrogen-bond acceptors (Lipinski definition) is 3. The van der Waals surface area contributed by atoms with Crippen molar-refractivity contribution in [2.75, 3.05) is 5.32 Å². The quantitative estimate of drug-likeness (QED) is 0.898. The van der Waals surface area contributed by atoms with Crippen LogP contribution >= 0.6 is 23.2 Å². The van der Waals surface area contributed by atoms with Gasteiger partial charge in [-0.15, -0.1) is 0 Å². The highest BCUT2D eigenvalue weighted by molar-refractivity contribution is 6.33. The van der Waals surface area contributed by atoms with Gasteiger partial charge in [-0.1, -0.05) is 23.2 Å². The molecule has 94 valence electrons. The van der Waals surface area contributed by atoms with E-state index in [1.165, 1.54) is 13.3 Å². The Bertz CT molecular complexity index is 544. The normalized spacial score (nSPS) is 12.2. The molecule has 1 aromatic carbocycles. The molecule has 1 unspecified atom stereocenters. The van der Waals surface area contributed by atoms with Crippen LogP contribution in [0.1, 0.15) is 18.8 Å². The number of alkyl halides is 1. The second-order valence-corrected chi connectivity index (χ2v) is 4.48. The van der Waals surface area contributed by atoms with Crippen LogP contribution in [0, 0.1) is 0 Å². The highest BCUT2D eigenvalue weighted by atomic mass is 35.5. The molecule has 0 saturated heterocycles. The fourth-order valence-electron chi connectivity index (χ4n) is 1.42. The van der Waals surface area contributed by atoms with Gasteiger partial charge in [-0.3, -0.25) is 0 Å². The van der Waals surface area contributed by atoms with E-state index < -0.39 is 6.17 Å². The summed E-state index contributed by atoms with van der Waals surface area (Å²) in [6.45, 7) is 1.38. The molecule has 3 nitrogen and oxygen atoms in total. The molecule has 18 heavy (non-hydrogen) atoms. The van der Waals surface area contributed by atoms with Gasteiger partial charge >= 0.3 is 0 Å². The molecular formula is C12H10Cl2FN3. The first-order valence-corrected chi connectivity index (χ1v) is 6.00. The first-order chi connectivity index (χ1) is 8.58. The second kappa shape index (κ2) is 5.50. The lowest BCUT2D eigenvalue weighted by atomic mass is 10.2. The van der Waals surface area contributed by atoms with E-state index in [2.05, 4.69) is 15.3 Å². The van der Waals surface area contributed by atoms with Gasteiger partial charge in [-0.05, 0) is 31.2 Å². The van der Waals surface area contributed by atoms with Crippen molar-refractivity contribution in [2.45, 2.75) is 13.1 Å². The average Bonchev–Trinajstić information content (AvgIpc) is 2.34. The molecule has 2 aromatic rings. The zero-order valence-electron chi connectivity index (χ0n) is 9.49. The Labute approximate surface area is 114 Å². The van der Waals surface area contributed by atoms with E-state index in [0.717, 1.165) is 5.69 Å². The molecule has 1 N–H and O–H groups in total. The molecule has 2 rings (SSSR count). The molecule has 0 spiro atoms. The predicted octanol–water partition coefficient (Wildman–Crippen LogP) is 4.56. The van der Waals surface area contributed by atoms with Gasteiger partial charge < -0.3 is 5.32 Å². The van der Waals surface area contributed by atoms with Gasteiger partial charge in [0.2, 0.25) is 0 Å². The third-order valence-corrected chi connectivity index (χ3v) is 2.92. The summed E-state index contributed by atoms with van der Waals surface area (Å²) in [4.78, 5) is 7.80. The second-order valence-electron chi connectivity index (χ2n) is 3.67. The summed E-state index contributed by atoms with van der Waals surface area (Å²) in [5.74, 6) is 0.369. The van der Waals surface area contributed by atoms with E-state index in [0.29, 0.717) is 10.8 Å². The Morgan fingerprint density at radius 1 is 1.17 bits per heavy atom. The summed E-state index contributed by atoms with van der Waals surface area (Å²) in [5.41, 5.74) is 0.931. The summed E-state index contributed by atoms with van der Waals surface area (Å²) in [6, 6.07) is 7.02. The van der Waals surface area contributed by atoms with E-state index in [-0.39, 0.29) is 10.7 Å². The Balaban J connectivity index is 2.29. The molecule has 0 bridgehead atoms. The lowest BCUT2D eigenvalue weighted by Crippen LogP contribution is -2.00. The van der Waals surface area contributed by atoms with Gasteiger partial charge in [-0.25, -0.2) is 14.4 Å². The summed E-state index contributed by atoms with van der Waals surface area (Å²) >= 11 is 11.8. The van der Waals surface area contributed by atoms with Crippen LogP contribution in [0.25, 0.3) is 0 Å². The van der Waals surface area contributed by atoms with Crippen LogP contribution in [-0.4, -0.2) is 9.97 Å². The summed E-state index contributed by atoms with van der Waals surface area (Å²) in [6.07, 6.45) is 0.0292. The van der Waals surface area contributed by atoms with E-state index in [9.17, 15) is 4.39 Å². The monoisotopic (exact) mass is 285 g/mol. The molecule has 0 aliphatic heterocycles. The molecule has 1 aromatic heterocycles. The van der Waals surface area contributed by atoms with Crippen molar-refractivity contribution >= 4 is 34.7 Å². The minimum absolute atomic E-state index is 0.170. The van der Waals surface area contributed by atoms with Crippen molar-refractivity contribution in [1.82, 2.24) is 9.97 Å². The lowest BCUT2D eigenvalue weighted by molar-refractivity contribution is 0.365. The molecular weight excluding hydrogens is 276 g/mol. The first-order valence-electron chi connectivity index (χ1n) is 5.25. The first kappa shape index (κ1) is 13.1. The van der Waals surface area contributed by atoms with Crippen molar-refractivity contribution in [3.63, 3.8) is 0 Å². The minimum Gasteiger partial charge on any atom is -0.339 e. The molecule has 0 aliphatic rings. The molecule has 0 aliphatic carbocycles. The topological polar surface area (TPSA) is 37.8 Å². The predicted molar refractivity (Wildman–Crippen MR) is 71.3 cm³/mol. The number of rotatable bonds is 3. The molecule has 0 radical (unpaired) electrons. The van der Waals surface area contributed by atoms with Crippen LogP contribution in [-0.2, 0) is 0 Å². The number of benzene rings is 1. The number of nitrogens with one attached hydrogen (secondary N) is 1. The van der Waals surface area contributed by atoms with E-state index in [1.807, 2.05) is 0 Å². The van der Waals surface area contributed by atoms with Crippen molar-refractivity contribution < 1.29 is 4.39 Å². The largest absolute Gasteiger partial charge is 0.339 e. The lowest BCUT2D eigenvalue weighted by Gasteiger charge is -2.10. The Morgan fingerprint density at radius 2 is 1.83 bits per heavy atom. The van der Waals surface area contributed by atoms with Crippen molar-refractivity contribution in [3.05, 3.63) is 46.3 Å². The average molecular weight is 286 g/mol. The minimum atomic E-state index is -1.24. The van der Waals surface area contributed by atoms with Crippen molar-refractivity contribution in [1.29, 1.82) is 0 Å². The third kappa shape index (κ3) is 2.89.